The van der Waals surface area contributed by atoms with E-state index >= 15 is 0 Å². The maximum absolute atomic E-state index is 13.7. The van der Waals surface area contributed by atoms with Crippen molar-refractivity contribution in [1.82, 2.24) is 9.88 Å². The van der Waals surface area contributed by atoms with Crippen molar-refractivity contribution in [2.75, 3.05) is 6.54 Å². The molecule has 0 bridgehead atoms. The van der Waals surface area contributed by atoms with Crippen LogP contribution >= 0.6 is 0 Å². The topological polar surface area (TPSA) is 140 Å². The first-order chi connectivity index (χ1) is 19.7. The molecule has 3 heterocycles. The van der Waals surface area contributed by atoms with Crippen molar-refractivity contribution in [1.29, 1.82) is 0 Å². The molecule has 2 aliphatic rings. The molecule has 0 aliphatic carbocycles. The molecule has 4 N–H and O–H groups in total. The van der Waals surface area contributed by atoms with Crippen LogP contribution < -0.4 is 4.74 Å². The molecule has 9 heteroatoms. The summed E-state index contributed by atoms with van der Waals surface area (Å²) in [7, 11) is 0. The molecule has 0 spiro atoms. The summed E-state index contributed by atoms with van der Waals surface area (Å²) in [5.74, 6) is -3.37. The summed E-state index contributed by atoms with van der Waals surface area (Å²) < 4.78 is 5.85. The van der Waals surface area contributed by atoms with Crippen molar-refractivity contribution in [3.63, 3.8) is 0 Å². The van der Waals surface area contributed by atoms with E-state index < -0.39 is 28.8 Å². The first-order valence-electron chi connectivity index (χ1n) is 13.0. The summed E-state index contributed by atoms with van der Waals surface area (Å²) in [6.45, 7) is 2.06. The Kier molecular flexibility index (Phi) is 6.14. The molecule has 0 saturated heterocycles. The summed E-state index contributed by atoms with van der Waals surface area (Å²) in [6, 6.07) is 19.8. The van der Waals surface area contributed by atoms with E-state index in [2.05, 4.69) is 4.98 Å². The maximum atomic E-state index is 13.7. The summed E-state index contributed by atoms with van der Waals surface area (Å²) >= 11 is 0. The number of carbonyl (C=O) groups excluding carboxylic acids is 1. The van der Waals surface area contributed by atoms with Gasteiger partial charge in [-0.15, -0.1) is 0 Å². The molecule has 1 atom stereocenters. The van der Waals surface area contributed by atoms with Crippen LogP contribution in [0.4, 0.5) is 0 Å². The van der Waals surface area contributed by atoms with Gasteiger partial charge in [0, 0.05) is 34.8 Å². The second-order valence-electron chi connectivity index (χ2n) is 10.1. The Balaban J connectivity index is 1.39. The number of nitrogens with zero attached hydrogens (tertiary/aromatic N) is 1. The SMILES string of the molecule is Cc1c(OCc2ccccc2)ccc(C(=O)C2=CN3CCc4c([nH]c5ccccc45)C3(C(=O)O)C(C(=O)O)=C2)c1O. The molecule has 2 aliphatic heterocycles. The summed E-state index contributed by atoms with van der Waals surface area (Å²) in [4.78, 5) is 43.8. The standard InChI is InChI=1S/C32H26N2O7/c1-18-26(41-17-19-7-3-2-4-8-19)12-11-23(27(18)35)28(36)20-15-24(30(37)38)32(31(39)40)29-22(13-14-34(32)16-20)21-9-5-6-10-25(21)33-29/h2-12,15-16,33,35H,13-14,17H2,1H3,(H,37,38)(H,39,40). The van der Waals surface area contributed by atoms with E-state index in [1.165, 1.54) is 17.2 Å². The van der Waals surface area contributed by atoms with Crippen LogP contribution in [0.15, 0.2) is 90.2 Å². The largest absolute Gasteiger partial charge is 0.507 e. The van der Waals surface area contributed by atoms with Gasteiger partial charge in [0.25, 0.3) is 0 Å². The lowest BCUT2D eigenvalue weighted by atomic mass is 9.76. The number of phenols is 1. The van der Waals surface area contributed by atoms with Crippen molar-refractivity contribution >= 4 is 28.6 Å². The number of aromatic hydroxyl groups is 1. The zero-order valence-electron chi connectivity index (χ0n) is 22.0. The number of Topliss-reactive ketones (excluding diaryl/α,β-unsaturated/α-hetero) is 1. The number of aromatic nitrogens is 1. The van der Waals surface area contributed by atoms with E-state index in [1.807, 2.05) is 54.6 Å². The highest BCUT2D eigenvalue weighted by Crippen LogP contribution is 2.47. The number of carboxylic acids is 2. The highest BCUT2D eigenvalue weighted by Gasteiger charge is 2.57. The number of H-pyrrole nitrogens is 1. The van der Waals surface area contributed by atoms with Crippen molar-refractivity contribution in [2.45, 2.75) is 25.5 Å². The van der Waals surface area contributed by atoms with Gasteiger partial charge in [-0.05, 0) is 48.7 Å². The van der Waals surface area contributed by atoms with Gasteiger partial charge in [-0.3, -0.25) is 4.79 Å². The molecule has 6 rings (SSSR count). The third-order valence-electron chi connectivity index (χ3n) is 7.86. The number of nitrogens with one attached hydrogen (secondary N) is 1. The average molecular weight is 551 g/mol. The first kappa shape index (κ1) is 25.9. The van der Waals surface area contributed by atoms with Crippen LogP contribution in [0.5, 0.6) is 11.5 Å². The molecule has 41 heavy (non-hydrogen) atoms. The van der Waals surface area contributed by atoms with Gasteiger partial charge in [-0.2, -0.15) is 0 Å². The fourth-order valence-electron chi connectivity index (χ4n) is 5.83. The van der Waals surface area contributed by atoms with Crippen molar-refractivity contribution < 1.29 is 34.4 Å². The van der Waals surface area contributed by atoms with E-state index in [1.54, 1.807) is 13.0 Å². The first-order valence-corrected chi connectivity index (χ1v) is 13.0. The molecule has 0 saturated carbocycles. The summed E-state index contributed by atoms with van der Waals surface area (Å²) in [5.41, 5.74) is 0.349. The van der Waals surface area contributed by atoms with E-state index in [0.29, 0.717) is 23.3 Å². The number of carbonyl (C=O) groups is 3. The number of fused-ring (bicyclic) bond motifs is 5. The number of carboxylic acid groups (broad SMARTS) is 2. The second kappa shape index (κ2) is 9.71. The summed E-state index contributed by atoms with van der Waals surface area (Å²) in [5, 5.41) is 32.6. The van der Waals surface area contributed by atoms with Crippen molar-refractivity contribution in [3.8, 4) is 11.5 Å². The molecule has 1 aromatic heterocycles. The number of hydrogen-bond acceptors (Lipinski definition) is 6. The van der Waals surface area contributed by atoms with Crippen LogP contribution in [-0.4, -0.2) is 49.5 Å². The Hall–Kier alpha value is -5.31. The molecule has 206 valence electrons. The van der Waals surface area contributed by atoms with Crippen LogP contribution in [-0.2, 0) is 28.2 Å². The van der Waals surface area contributed by atoms with Gasteiger partial charge in [0.05, 0.1) is 16.8 Å². The molecular formula is C32H26N2O7. The third-order valence-corrected chi connectivity index (χ3v) is 7.86. The van der Waals surface area contributed by atoms with Gasteiger partial charge in [0.2, 0.25) is 5.54 Å². The number of hydrogen-bond donors (Lipinski definition) is 4. The number of aliphatic carboxylic acids is 2. The van der Waals surface area contributed by atoms with Crippen LogP contribution in [0.25, 0.3) is 10.9 Å². The van der Waals surface area contributed by atoms with E-state index in [4.69, 9.17) is 4.74 Å². The minimum absolute atomic E-state index is 0.0482. The number of ketones is 1. The predicted octanol–water partition coefficient (Wildman–Crippen LogP) is 4.69. The fraction of sp³-hybridized carbons (Fsp3) is 0.156. The average Bonchev–Trinajstić information content (AvgIpc) is 3.36. The number of para-hydroxylation sites is 1. The van der Waals surface area contributed by atoms with Crippen LogP contribution in [0, 0.1) is 6.92 Å². The molecule has 4 aromatic rings. The minimum Gasteiger partial charge on any atom is -0.507 e. The molecule has 1 unspecified atom stereocenters. The quantitative estimate of drug-likeness (QED) is 0.243. The number of ether oxygens (including phenoxy) is 1. The van der Waals surface area contributed by atoms with Gasteiger partial charge in [-0.1, -0.05) is 48.5 Å². The zero-order valence-corrected chi connectivity index (χ0v) is 22.0. The van der Waals surface area contributed by atoms with Crippen LogP contribution in [0.2, 0.25) is 0 Å². The van der Waals surface area contributed by atoms with Gasteiger partial charge >= 0.3 is 11.9 Å². The van der Waals surface area contributed by atoms with E-state index in [-0.39, 0.29) is 35.7 Å². The highest BCUT2D eigenvalue weighted by atomic mass is 16.5. The lowest BCUT2D eigenvalue weighted by molar-refractivity contribution is -0.152. The monoisotopic (exact) mass is 550 g/mol. The Morgan fingerprint density at radius 2 is 1.73 bits per heavy atom. The Morgan fingerprint density at radius 3 is 2.46 bits per heavy atom. The minimum atomic E-state index is -2.06. The van der Waals surface area contributed by atoms with Gasteiger partial charge in [0.15, 0.2) is 5.78 Å². The highest BCUT2D eigenvalue weighted by molar-refractivity contribution is 6.15. The zero-order chi connectivity index (χ0) is 28.9. The van der Waals surface area contributed by atoms with E-state index in [0.717, 1.165) is 22.6 Å². The van der Waals surface area contributed by atoms with Crippen LogP contribution in [0.3, 0.4) is 0 Å². The van der Waals surface area contributed by atoms with Crippen LogP contribution in [0.1, 0.15) is 32.7 Å². The molecule has 0 amide bonds. The lowest BCUT2D eigenvalue weighted by Gasteiger charge is -2.45. The predicted molar refractivity (Wildman–Crippen MR) is 150 cm³/mol. The van der Waals surface area contributed by atoms with E-state index in [9.17, 15) is 29.7 Å². The number of allylic oxidation sites excluding steroid dienone is 2. The third kappa shape index (κ3) is 3.97. The van der Waals surface area contributed by atoms with Gasteiger partial charge < -0.3 is 29.9 Å². The number of rotatable bonds is 7. The maximum Gasteiger partial charge on any atom is 0.340 e. The Bertz CT molecular complexity index is 1800. The van der Waals surface area contributed by atoms with Gasteiger partial charge in [0.1, 0.15) is 18.1 Å². The number of aromatic amines is 1. The molecular weight excluding hydrogens is 524 g/mol. The normalized spacial score (nSPS) is 17.7. The molecule has 3 aromatic carbocycles. The Morgan fingerprint density at radius 1 is 1.00 bits per heavy atom. The number of benzene rings is 3. The molecule has 9 nitrogen and oxygen atoms in total. The Labute approximate surface area is 234 Å². The van der Waals surface area contributed by atoms with Gasteiger partial charge in [-0.25, -0.2) is 9.59 Å². The number of phenolic OH excluding ortho intramolecular Hbond substituents is 1. The second-order valence-corrected chi connectivity index (χ2v) is 10.1. The fourth-order valence-corrected chi connectivity index (χ4v) is 5.83. The summed E-state index contributed by atoms with van der Waals surface area (Å²) in [6.07, 6.45) is 2.92. The molecule has 0 fully saturated rings. The van der Waals surface area contributed by atoms with Crippen molar-refractivity contribution in [2.24, 2.45) is 0 Å². The smallest absolute Gasteiger partial charge is 0.340 e. The van der Waals surface area contributed by atoms with Crippen molar-refractivity contribution in [3.05, 3.63) is 118 Å². The lowest BCUT2D eigenvalue weighted by Crippen LogP contribution is -2.57. The molecule has 0 radical (unpaired) electrons.